The molecule has 3 nitrogen and oxygen atoms in total. The lowest BCUT2D eigenvalue weighted by molar-refractivity contribution is 0.102. The maximum Gasteiger partial charge on any atom is 0.256 e. The molecule has 29 heavy (non-hydrogen) atoms. The Hall–Kier alpha value is -3.46. The predicted octanol–water partition coefficient (Wildman–Crippen LogP) is 6.33. The second-order valence-electron chi connectivity index (χ2n) is 7.34. The second-order valence-corrected chi connectivity index (χ2v) is 7.34. The molecule has 0 saturated heterocycles. The number of anilines is 1. The van der Waals surface area contributed by atoms with E-state index >= 15 is 0 Å². The van der Waals surface area contributed by atoms with Crippen molar-refractivity contribution in [3.63, 3.8) is 0 Å². The summed E-state index contributed by atoms with van der Waals surface area (Å²) in [6.45, 7) is 6.27. The van der Waals surface area contributed by atoms with E-state index in [1.807, 2.05) is 54.6 Å². The monoisotopic (exact) mass is 380 g/mol. The minimum atomic E-state index is -0.116. The number of rotatable bonds is 4. The zero-order chi connectivity index (χ0) is 20.4. The van der Waals surface area contributed by atoms with E-state index in [-0.39, 0.29) is 5.91 Å². The lowest BCUT2D eigenvalue weighted by atomic mass is 10.0. The average Bonchev–Trinajstić information content (AvgIpc) is 2.75. The van der Waals surface area contributed by atoms with E-state index in [2.05, 4.69) is 44.3 Å². The maximum atomic E-state index is 13.3. The molecule has 0 aliphatic carbocycles. The van der Waals surface area contributed by atoms with Crippen LogP contribution in [0.4, 0.5) is 5.69 Å². The normalized spacial score (nSPS) is 10.9. The quantitative estimate of drug-likeness (QED) is 0.449. The first-order valence-electron chi connectivity index (χ1n) is 9.93. The van der Waals surface area contributed by atoms with Crippen LogP contribution in [0.25, 0.3) is 22.2 Å². The first-order chi connectivity index (χ1) is 14.1. The van der Waals surface area contributed by atoms with E-state index < -0.39 is 0 Å². The Morgan fingerprint density at radius 2 is 1.66 bits per heavy atom. The number of amides is 1. The Morgan fingerprint density at radius 3 is 2.45 bits per heavy atom. The molecule has 1 heterocycles. The minimum absolute atomic E-state index is 0.116. The molecular formula is C26H24N2O. The van der Waals surface area contributed by atoms with Gasteiger partial charge in [0.1, 0.15) is 0 Å². The van der Waals surface area contributed by atoms with Crippen LogP contribution in [0.15, 0.2) is 72.8 Å². The molecule has 0 atom stereocenters. The highest BCUT2D eigenvalue weighted by Gasteiger charge is 2.15. The number of hydrogen-bond acceptors (Lipinski definition) is 2. The zero-order valence-electron chi connectivity index (χ0n) is 17.0. The van der Waals surface area contributed by atoms with Crippen molar-refractivity contribution in [2.45, 2.75) is 27.2 Å². The first-order valence-corrected chi connectivity index (χ1v) is 9.93. The molecule has 4 rings (SSSR count). The summed E-state index contributed by atoms with van der Waals surface area (Å²) in [5.41, 5.74) is 7.70. The molecule has 1 N–H and O–H groups in total. The first kappa shape index (κ1) is 18.9. The van der Waals surface area contributed by atoms with Crippen LogP contribution < -0.4 is 5.32 Å². The Labute approximate surface area is 171 Å². The van der Waals surface area contributed by atoms with E-state index in [1.165, 1.54) is 11.1 Å². The summed E-state index contributed by atoms with van der Waals surface area (Å²) in [5.74, 6) is -0.116. The van der Waals surface area contributed by atoms with E-state index in [1.54, 1.807) is 0 Å². The van der Waals surface area contributed by atoms with Crippen LogP contribution in [0.1, 0.15) is 34.0 Å². The van der Waals surface area contributed by atoms with E-state index in [0.717, 1.165) is 39.8 Å². The molecule has 3 heteroatoms. The van der Waals surface area contributed by atoms with E-state index in [0.29, 0.717) is 5.56 Å². The van der Waals surface area contributed by atoms with Gasteiger partial charge in [0.15, 0.2) is 0 Å². The number of benzene rings is 3. The Balaban J connectivity index is 1.82. The summed E-state index contributed by atoms with van der Waals surface area (Å²) in [7, 11) is 0. The lowest BCUT2D eigenvalue weighted by Gasteiger charge is -2.13. The summed E-state index contributed by atoms with van der Waals surface area (Å²) < 4.78 is 0. The Kier molecular flexibility index (Phi) is 5.13. The Morgan fingerprint density at radius 1 is 0.897 bits per heavy atom. The van der Waals surface area contributed by atoms with Crippen molar-refractivity contribution < 1.29 is 4.79 Å². The Bertz CT molecular complexity index is 1210. The average molecular weight is 380 g/mol. The molecule has 0 unspecified atom stereocenters. The molecule has 0 spiro atoms. The van der Waals surface area contributed by atoms with Gasteiger partial charge in [-0.15, -0.1) is 0 Å². The van der Waals surface area contributed by atoms with Gasteiger partial charge >= 0.3 is 0 Å². The predicted molar refractivity (Wildman–Crippen MR) is 120 cm³/mol. The molecule has 3 aromatic carbocycles. The smallest absolute Gasteiger partial charge is 0.256 e. The lowest BCUT2D eigenvalue weighted by Crippen LogP contribution is -2.14. The summed E-state index contributed by atoms with van der Waals surface area (Å²) in [6, 6.07) is 23.9. The van der Waals surface area contributed by atoms with Crippen molar-refractivity contribution in [3.8, 4) is 11.3 Å². The molecule has 0 aliphatic heterocycles. The van der Waals surface area contributed by atoms with E-state index in [4.69, 9.17) is 4.98 Å². The molecular weight excluding hydrogens is 356 g/mol. The molecule has 0 fully saturated rings. The highest BCUT2D eigenvalue weighted by atomic mass is 16.1. The third kappa shape index (κ3) is 3.77. The number of aryl methyl sites for hydroxylation is 3. The molecule has 144 valence electrons. The largest absolute Gasteiger partial charge is 0.322 e. The molecule has 0 bridgehead atoms. The van der Waals surface area contributed by atoms with Crippen molar-refractivity contribution in [1.82, 2.24) is 4.98 Å². The molecule has 1 aromatic heterocycles. The topological polar surface area (TPSA) is 42.0 Å². The van der Waals surface area contributed by atoms with Gasteiger partial charge in [-0.3, -0.25) is 4.79 Å². The fourth-order valence-electron chi connectivity index (χ4n) is 3.55. The van der Waals surface area contributed by atoms with Crippen molar-refractivity contribution in [2.75, 3.05) is 5.32 Å². The van der Waals surface area contributed by atoms with Crippen LogP contribution >= 0.6 is 0 Å². The van der Waals surface area contributed by atoms with Gasteiger partial charge in [-0.25, -0.2) is 4.98 Å². The number of aromatic nitrogens is 1. The van der Waals surface area contributed by atoms with Crippen LogP contribution in [0.2, 0.25) is 0 Å². The SMILES string of the molecule is CCc1ccccc1NC(=O)c1cc(-c2ccc(C)c(C)c2)nc2ccccc12. The summed E-state index contributed by atoms with van der Waals surface area (Å²) in [6.07, 6.45) is 0.863. The molecule has 1 amide bonds. The zero-order valence-corrected chi connectivity index (χ0v) is 17.0. The summed E-state index contributed by atoms with van der Waals surface area (Å²) >= 11 is 0. The summed E-state index contributed by atoms with van der Waals surface area (Å²) in [5, 5.41) is 3.96. The maximum absolute atomic E-state index is 13.3. The van der Waals surface area contributed by atoms with Crippen molar-refractivity contribution in [3.05, 3.63) is 95.1 Å². The third-order valence-corrected chi connectivity index (χ3v) is 5.41. The van der Waals surface area contributed by atoms with Crippen molar-refractivity contribution >= 4 is 22.5 Å². The van der Waals surface area contributed by atoms with Gasteiger partial charge in [0.25, 0.3) is 5.91 Å². The molecule has 0 saturated carbocycles. The number of hydrogen-bond donors (Lipinski definition) is 1. The fraction of sp³-hybridized carbons (Fsp3) is 0.154. The van der Waals surface area contributed by atoms with Gasteiger partial charge in [0, 0.05) is 16.6 Å². The summed E-state index contributed by atoms with van der Waals surface area (Å²) in [4.78, 5) is 18.1. The van der Waals surface area contributed by atoms with Crippen LogP contribution in [0.3, 0.4) is 0 Å². The number of nitrogens with one attached hydrogen (secondary N) is 1. The number of para-hydroxylation sites is 2. The van der Waals surface area contributed by atoms with Gasteiger partial charge < -0.3 is 5.32 Å². The van der Waals surface area contributed by atoms with Crippen molar-refractivity contribution in [1.29, 1.82) is 0 Å². The molecule has 0 aliphatic rings. The third-order valence-electron chi connectivity index (χ3n) is 5.41. The van der Waals surface area contributed by atoms with E-state index in [9.17, 15) is 4.79 Å². The second kappa shape index (κ2) is 7.88. The minimum Gasteiger partial charge on any atom is -0.322 e. The van der Waals surface area contributed by atoms with Gasteiger partial charge in [-0.05, 0) is 61.2 Å². The number of carbonyl (C=O) groups excluding carboxylic acids is 1. The number of fused-ring (bicyclic) bond motifs is 1. The van der Waals surface area contributed by atoms with Crippen LogP contribution in [0.5, 0.6) is 0 Å². The van der Waals surface area contributed by atoms with Crippen LogP contribution in [-0.4, -0.2) is 10.9 Å². The fourth-order valence-corrected chi connectivity index (χ4v) is 3.55. The number of pyridine rings is 1. The highest BCUT2D eigenvalue weighted by Crippen LogP contribution is 2.27. The van der Waals surface area contributed by atoms with Gasteiger partial charge in [-0.2, -0.15) is 0 Å². The number of nitrogens with zero attached hydrogens (tertiary/aromatic N) is 1. The van der Waals surface area contributed by atoms with Crippen LogP contribution in [0, 0.1) is 13.8 Å². The van der Waals surface area contributed by atoms with Crippen LogP contribution in [-0.2, 0) is 6.42 Å². The highest BCUT2D eigenvalue weighted by molar-refractivity contribution is 6.13. The number of carbonyl (C=O) groups is 1. The standard InChI is InChI=1S/C26H24N2O/c1-4-19-9-5-7-11-23(19)28-26(29)22-16-25(20-14-13-17(2)18(3)15-20)27-24-12-8-6-10-21(22)24/h5-16H,4H2,1-3H3,(H,28,29). The van der Waals surface area contributed by atoms with Gasteiger partial charge in [0.2, 0.25) is 0 Å². The van der Waals surface area contributed by atoms with Gasteiger partial charge in [-0.1, -0.05) is 55.5 Å². The molecule has 0 radical (unpaired) electrons. The molecule has 4 aromatic rings. The van der Waals surface area contributed by atoms with Gasteiger partial charge in [0.05, 0.1) is 16.8 Å². The van der Waals surface area contributed by atoms with Crippen molar-refractivity contribution in [2.24, 2.45) is 0 Å².